The Balaban J connectivity index is 1.79. The van der Waals surface area contributed by atoms with E-state index in [1.807, 2.05) is 17.5 Å². The van der Waals surface area contributed by atoms with Crippen molar-refractivity contribution in [3.05, 3.63) is 58.7 Å². The molecule has 0 aliphatic rings. The molecule has 0 fully saturated rings. The number of halogens is 1. The quantitative estimate of drug-likeness (QED) is 0.715. The summed E-state index contributed by atoms with van der Waals surface area (Å²) in [5.41, 5.74) is 0.358. The van der Waals surface area contributed by atoms with Crippen LogP contribution in [0.25, 0.3) is 10.9 Å². The third-order valence-corrected chi connectivity index (χ3v) is 3.80. The smallest absolute Gasteiger partial charge is 0.149 e. The first-order valence-corrected chi connectivity index (χ1v) is 6.91. The Morgan fingerprint density at radius 2 is 2.11 bits per heavy atom. The molecule has 0 aliphatic heterocycles. The van der Waals surface area contributed by atoms with E-state index in [4.69, 9.17) is 4.74 Å². The van der Waals surface area contributed by atoms with Gasteiger partial charge in [-0.05, 0) is 29.6 Å². The van der Waals surface area contributed by atoms with E-state index in [0.29, 0.717) is 23.3 Å². The molecular formula is C15H12FNOS. The van der Waals surface area contributed by atoms with Crippen molar-refractivity contribution in [2.24, 2.45) is 0 Å². The number of aromatic nitrogens is 1. The highest BCUT2D eigenvalue weighted by atomic mass is 32.1. The lowest BCUT2D eigenvalue weighted by atomic mass is 10.2. The lowest BCUT2D eigenvalue weighted by molar-refractivity contribution is 0.326. The van der Waals surface area contributed by atoms with Gasteiger partial charge in [0, 0.05) is 22.9 Å². The van der Waals surface area contributed by atoms with Crippen LogP contribution in [0.4, 0.5) is 4.39 Å². The van der Waals surface area contributed by atoms with E-state index in [2.05, 4.69) is 11.1 Å². The minimum absolute atomic E-state index is 0.318. The van der Waals surface area contributed by atoms with Crippen LogP contribution in [0.5, 0.6) is 5.75 Å². The van der Waals surface area contributed by atoms with Crippen LogP contribution in [0.3, 0.4) is 0 Å². The van der Waals surface area contributed by atoms with Crippen molar-refractivity contribution in [3.63, 3.8) is 0 Å². The molecule has 0 atom stereocenters. The lowest BCUT2D eigenvalue weighted by Crippen LogP contribution is -2.01. The van der Waals surface area contributed by atoms with Gasteiger partial charge in [-0.25, -0.2) is 4.39 Å². The van der Waals surface area contributed by atoms with Gasteiger partial charge in [-0.15, -0.1) is 11.3 Å². The van der Waals surface area contributed by atoms with Gasteiger partial charge in [-0.2, -0.15) is 0 Å². The summed E-state index contributed by atoms with van der Waals surface area (Å²) in [5.74, 6) is 0.363. The molecule has 0 saturated carbocycles. The van der Waals surface area contributed by atoms with Gasteiger partial charge in [-0.1, -0.05) is 12.1 Å². The number of hydrogen-bond donors (Lipinski definition) is 0. The van der Waals surface area contributed by atoms with Crippen molar-refractivity contribution >= 4 is 22.2 Å². The normalized spacial score (nSPS) is 10.8. The Hall–Kier alpha value is -1.94. The van der Waals surface area contributed by atoms with Crippen molar-refractivity contribution in [2.75, 3.05) is 6.61 Å². The SMILES string of the molecule is Fc1cccc2c(OCCc3cccs3)ccnc12. The number of hydrogen-bond acceptors (Lipinski definition) is 3. The first-order chi connectivity index (χ1) is 9.34. The molecular weight excluding hydrogens is 261 g/mol. The molecule has 0 aliphatic carbocycles. The Morgan fingerprint density at radius 3 is 2.95 bits per heavy atom. The maximum atomic E-state index is 13.6. The van der Waals surface area contributed by atoms with Crippen LogP contribution in [0.15, 0.2) is 48.0 Å². The van der Waals surface area contributed by atoms with Crippen molar-refractivity contribution < 1.29 is 9.13 Å². The van der Waals surface area contributed by atoms with Crippen LogP contribution < -0.4 is 4.74 Å². The summed E-state index contributed by atoms with van der Waals surface area (Å²) in [6.07, 6.45) is 2.43. The fraction of sp³-hybridized carbons (Fsp3) is 0.133. The third-order valence-electron chi connectivity index (χ3n) is 2.87. The van der Waals surface area contributed by atoms with Gasteiger partial charge in [0.2, 0.25) is 0 Å². The van der Waals surface area contributed by atoms with Gasteiger partial charge >= 0.3 is 0 Å². The molecule has 0 N–H and O–H groups in total. The zero-order valence-electron chi connectivity index (χ0n) is 10.2. The minimum Gasteiger partial charge on any atom is -0.492 e. The van der Waals surface area contributed by atoms with Crippen molar-refractivity contribution in [1.29, 1.82) is 0 Å². The van der Waals surface area contributed by atoms with E-state index in [-0.39, 0.29) is 5.82 Å². The maximum absolute atomic E-state index is 13.6. The van der Waals surface area contributed by atoms with E-state index in [1.54, 1.807) is 29.7 Å². The molecule has 0 unspecified atom stereocenters. The highest BCUT2D eigenvalue weighted by Gasteiger charge is 2.06. The Morgan fingerprint density at radius 1 is 1.16 bits per heavy atom. The molecule has 96 valence electrons. The molecule has 4 heteroatoms. The number of thiophene rings is 1. The number of fused-ring (bicyclic) bond motifs is 1. The van der Waals surface area contributed by atoms with Gasteiger partial charge in [-0.3, -0.25) is 4.98 Å². The van der Waals surface area contributed by atoms with Crippen LogP contribution in [0, 0.1) is 5.82 Å². The molecule has 3 aromatic rings. The zero-order chi connectivity index (χ0) is 13.1. The monoisotopic (exact) mass is 273 g/mol. The molecule has 2 nitrogen and oxygen atoms in total. The standard InChI is InChI=1S/C15H12FNOS/c16-13-5-1-4-12-14(6-8-17-15(12)13)18-9-7-11-3-2-10-19-11/h1-6,8,10H,7,9H2. The topological polar surface area (TPSA) is 22.1 Å². The average Bonchev–Trinajstić information content (AvgIpc) is 2.93. The summed E-state index contributed by atoms with van der Waals surface area (Å²) >= 11 is 1.71. The van der Waals surface area contributed by atoms with Gasteiger partial charge < -0.3 is 4.74 Å². The second kappa shape index (κ2) is 5.36. The maximum Gasteiger partial charge on any atom is 0.149 e. The fourth-order valence-electron chi connectivity index (χ4n) is 1.96. The molecule has 0 amide bonds. The molecule has 0 spiro atoms. The predicted octanol–water partition coefficient (Wildman–Crippen LogP) is 4.06. The molecule has 0 saturated heterocycles. The molecule has 3 rings (SSSR count). The molecule has 2 heterocycles. The van der Waals surface area contributed by atoms with Crippen LogP contribution in [-0.2, 0) is 6.42 Å². The summed E-state index contributed by atoms with van der Waals surface area (Å²) in [5, 5.41) is 2.76. The third kappa shape index (κ3) is 2.58. The number of para-hydroxylation sites is 1. The van der Waals surface area contributed by atoms with Gasteiger partial charge in [0.05, 0.1) is 6.61 Å². The number of benzene rings is 1. The average molecular weight is 273 g/mol. The van der Waals surface area contributed by atoms with Crippen molar-refractivity contribution in [1.82, 2.24) is 4.98 Å². The second-order valence-electron chi connectivity index (χ2n) is 4.12. The number of nitrogens with zero attached hydrogens (tertiary/aromatic N) is 1. The number of rotatable bonds is 4. The van der Waals surface area contributed by atoms with E-state index >= 15 is 0 Å². The van der Waals surface area contributed by atoms with Crippen molar-refractivity contribution in [2.45, 2.75) is 6.42 Å². The summed E-state index contributed by atoms with van der Waals surface area (Å²) in [6, 6.07) is 10.8. The summed E-state index contributed by atoms with van der Waals surface area (Å²) < 4.78 is 19.3. The Labute approximate surface area is 114 Å². The molecule has 2 aromatic heterocycles. The Kier molecular flexibility index (Phi) is 3.42. The minimum atomic E-state index is -0.318. The van der Waals surface area contributed by atoms with Crippen LogP contribution in [-0.4, -0.2) is 11.6 Å². The number of pyridine rings is 1. The second-order valence-corrected chi connectivity index (χ2v) is 5.16. The molecule has 19 heavy (non-hydrogen) atoms. The molecule has 0 bridgehead atoms. The van der Waals surface area contributed by atoms with Crippen LogP contribution in [0.1, 0.15) is 4.88 Å². The lowest BCUT2D eigenvalue weighted by Gasteiger charge is -2.08. The van der Waals surface area contributed by atoms with Gasteiger partial charge in [0.15, 0.2) is 0 Å². The molecule has 0 radical (unpaired) electrons. The summed E-state index contributed by atoms with van der Waals surface area (Å²) in [4.78, 5) is 5.33. The Bertz CT molecular complexity index is 682. The zero-order valence-corrected chi connectivity index (χ0v) is 11.0. The van der Waals surface area contributed by atoms with Gasteiger partial charge in [0.1, 0.15) is 17.1 Å². The van der Waals surface area contributed by atoms with Crippen LogP contribution >= 0.6 is 11.3 Å². The van der Waals surface area contributed by atoms with E-state index in [1.165, 1.54) is 10.9 Å². The summed E-state index contributed by atoms with van der Waals surface area (Å²) in [7, 11) is 0. The van der Waals surface area contributed by atoms with E-state index in [9.17, 15) is 4.39 Å². The summed E-state index contributed by atoms with van der Waals surface area (Å²) in [6.45, 7) is 0.580. The van der Waals surface area contributed by atoms with Crippen molar-refractivity contribution in [3.8, 4) is 5.75 Å². The number of ether oxygens (including phenoxy) is 1. The molecule has 1 aromatic carbocycles. The van der Waals surface area contributed by atoms with Gasteiger partial charge in [0.25, 0.3) is 0 Å². The predicted molar refractivity (Wildman–Crippen MR) is 75.2 cm³/mol. The van der Waals surface area contributed by atoms with E-state index < -0.39 is 0 Å². The van der Waals surface area contributed by atoms with E-state index in [0.717, 1.165) is 6.42 Å². The highest BCUT2D eigenvalue weighted by molar-refractivity contribution is 7.09. The fourth-order valence-corrected chi connectivity index (χ4v) is 2.65. The first-order valence-electron chi connectivity index (χ1n) is 6.03. The largest absolute Gasteiger partial charge is 0.492 e. The van der Waals surface area contributed by atoms with Crippen LogP contribution in [0.2, 0.25) is 0 Å². The first kappa shape index (κ1) is 12.1. The highest BCUT2D eigenvalue weighted by Crippen LogP contribution is 2.25.